The molecule has 3 unspecified atom stereocenters. The van der Waals surface area contributed by atoms with E-state index in [1.807, 2.05) is 0 Å². The van der Waals surface area contributed by atoms with Gasteiger partial charge in [-0.15, -0.1) is 12.4 Å². The van der Waals surface area contributed by atoms with Crippen molar-refractivity contribution in [2.45, 2.75) is 50.1 Å². The molecule has 2 heterocycles. The van der Waals surface area contributed by atoms with E-state index < -0.39 is 0 Å². The Balaban J connectivity index is 0.00000289. The zero-order chi connectivity index (χ0) is 24.0. The first-order chi connectivity index (χ1) is 16.5. The number of halogens is 1. The van der Waals surface area contributed by atoms with Crippen LogP contribution in [0.2, 0.25) is 0 Å². The lowest BCUT2D eigenvalue weighted by atomic mass is 9.48. The van der Waals surface area contributed by atoms with Gasteiger partial charge in [0.15, 0.2) is 11.5 Å². The van der Waals surface area contributed by atoms with Gasteiger partial charge in [0.05, 0.1) is 33.5 Å². The molecule has 4 aliphatic rings. The van der Waals surface area contributed by atoms with Crippen molar-refractivity contribution >= 4 is 18.4 Å². The van der Waals surface area contributed by atoms with Crippen molar-refractivity contribution in [2.75, 3.05) is 35.0 Å². The smallest absolute Gasteiger partial charge is 0.338 e. The molecule has 5 atom stereocenters. The van der Waals surface area contributed by atoms with Crippen LogP contribution in [0.4, 0.5) is 0 Å². The largest absolute Gasteiger partial charge is 0.493 e. The normalized spacial score (nSPS) is 28.5. The molecule has 35 heavy (non-hydrogen) atoms. The van der Waals surface area contributed by atoms with E-state index in [9.17, 15) is 4.79 Å². The summed E-state index contributed by atoms with van der Waals surface area (Å²) in [5.74, 6) is 1.92. The highest BCUT2D eigenvalue weighted by Gasteiger charge is 2.59. The first-order valence-corrected chi connectivity index (χ1v) is 12.2. The highest BCUT2D eigenvalue weighted by atomic mass is 35.5. The van der Waals surface area contributed by atoms with Gasteiger partial charge in [0, 0.05) is 23.4 Å². The Morgan fingerprint density at radius 1 is 1.06 bits per heavy atom. The monoisotopic (exact) mass is 501 g/mol. The Labute approximate surface area is 214 Å². The Morgan fingerprint density at radius 2 is 1.74 bits per heavy atom. The van der Waals surface area contributed by atoms with Gasteiger partial charge in [-0.3, -0.25) is 4.90 Å². The van der Waals surface area contributed by atoms with Crippen LogP contribution in [0.3, 0.4) is 0 Å². The maximum Gasteiger partial charge on any atom is 0.338 e. The predicted octanol–water partition coefficient (Wildman–Crippen LogP) is 4.90. The van der Waals surface area contributed by atoms with Crippen molar-refractivity contribution in [3.63, 3.8) is 0 Å². The predicted molar refractivity (Wildman–Crippen MR) is 137 cm³/mol. The van der Waals surface area contributed by atoms with Gasteiger partial charge in [-0.25, -0.2) is 4.79 Å². The van der Waals surface area contributed by atoms with Gasteiger partial charge in [0.25, 0.3) is 0 Å². The first-order valence-electron chi connectivity index (χ1n) is 12.2. The van der Waals surface area contributed by atoms with Crippen molar-refractivity contribution in [3.8, 4) is 17.2 Å². The van der Waals surface area contributed by atoms with Crippen LogP contribution in [-0.2, 0) is 16.6 Å². The summed E-state index contributed by atoms with van der Waals surface area (Å²) in [7, 11) is 6.89. The topological polar surface area (TPSA) is 57.2 Å². The van der Waals surface area contributed by atoms with E-state index in [1.54, 1.807) is 39.0 Å². The molecule has 4 bridgehead atoms. The third-order valence-electron chi connectivity index (χ3n) is 8.84. The van der Waals surface area contributed by atoms with Gasteiger partial charge in [-0.05, 0) is 61.9 Å². The average molecular weight is 502 g/mol. The van der Waals surface area contributed by atoms with Crippen molar-refractivity contribution in [3.05, 3.63) is 53.1 Å². The summed E-state index contributed by atoms with van der Waals surface area (Å²) < 4.78 is 22.0. The maximum atomic E-state index is 13.0. The third kappa shape index (κ3) is 3.95. The molecule has 6 rings (SSSR count). The lowest BCUT2D eigenvalue weighted by Gasteiger charge is -2.65. The summed E-state index contributed by atoms with van der Waals surface area (Å²) in [5, 5.41) is 0. The number of hydrogen-bond donors (Lipinski definition) is 0. The Morgan fingerprint density at radius 3 is 2.37 bits per heavy atom. The second kappa shape index (κ2) is 9.90. The lowest BCUT2D eigenvalue weighted by molar-refractivity contribution is -0.107. The summed E-state index contributed by atoms with van der Waals surface area (Å²) in [6.07, 6.45) is 4.51. The summed E-state index contributed by atoms with van der Waals surface area (Å²) in [5.41, 5.74) is 3.72. The van der Waals surface area contributed by atoms with Crippen molar-refractivity contribution in [1.82, 2.24) is 4.90 Å². The second-order valence-electron chi connectivity index (χ2n) is 9.99. The molecule has 6 nitrogen and oxygen atoms in total. The number of carbonyl (C=O) groups excluding carboxylic acids is 1. The molecule has 190 valence electrons. The molecule has 1 saturated carbocycles. The van der Waals surface area contributed by atoms with Gasteiger partial charge in [-0.2, -0.15) is 0 Å². The molecule has 0 amide bonds. The lowest BCUT2D eigenvalue weighted by Crippen LogP contribution is -2.68. The van der Waals surface area contributed by atoms with E-state index >= 15 is 0 Å². The molecule has 3 fully saturated rings. The van der Waals surface area contributed by atoms with Crippen molar-refractivity contribution in [2.24, 2.45) is 11.8 Å². The molecule has 7 heteroatoms. The SMILES string of the molecule is CC[C@@]12CC3[C@@H](COC(=O)c4cc(OC)c(OC)c(OC)c4)CC1C(Cc1ccccc12)N3C.Cl. The van der Waals surface area contributed by atoms with Crippen LogP contribution >= 0.6 is 12.4 Å². The molecule has 2 aromatic rings. The number of carbonyl (C=O) groups is 1. The molecule has 0 spiro atoms. The number of piperidine rings is 2. The van der Waals surface area contributed by atoms with E-state index in [1.165, 1.54) is 5.56 Å². The summed E-state index contributed by atoms with van der Waals surface area (Å²) >= 11 is 0. The number of fused-ring (bicyclic) bond motifs is 2. The minimum Gasteiger partial charge on any atom is -0.493 e. The van der Waals surface area contributed by atoms with Gasteiger partial charge >= 0.3 is 5.97 Å². The van der Waals surface area contributed by atoms with Gasteiger partial charge in [0.2, 0.25) is 5.75 Å². The van der Waals surface area contributed by atoms with Crippen LogP contribution in [0.25, 0.3) is 0 Å². The Kier molecular flexibility index (Phi) is 7.26. The van der Waals surface area contributed by atoms with Crippen LogP contribution in [-0.4, -0.2) is 57.9 Å². The fraction of sp³-hybridized carbons (Fsp3) is 0.536. The number of methoxy groups -OCH3 is 3. The zero-order valence-corrected chi connectivity index (χ0v) is 22.0. The Hall–Kier alpha value is -2.44. The fourth-order valence-electron chi connectivity index (χ4n) is 7.18. The van der Waals surface area contributed by atoms with Crippen LogP contribution in [0.15, 0.2) is 36.4 Å². The number of rotatable bonds is 7. The van der Waals surface area contributed by atoms with Crippen LogP contribution < -0.4 is 14.2 Å². The molecular formula is C28H36ClNO5. The number of nitrogens with zero attached hydrogens (tertiary/aromatic N) is 1. The van der Waals surface area contributed by atoms with E-state index in [2.05, 4.69) is 43.1 Å². The second-order valence-corrected chi connectivity index (χ2v) is 9.99. The summed E-state index contributed by atoms with van der Waals surface area (Å²) in [6.45, 7) is 2.77. The van der Waals surface area contributed by atoms with Gasteiger partial charge in [0.1, 0.15) is 0 Å². The molecule has 2 aromatic carbocycles. The summed E-state index contributed by atoms with van der Waals surface area (Å²) in [6, 6.07) is 13.3. The van der Waals surface area contributed by atoms with Gasteiger partial charge in [-0.1, -0.05) is 31.2 Å². The number of ether oxygens (including phenoxy) is 4. The number of likely N-dealkylation sites (N-methyl/N-ethyl adjacent to an activating group) is 1. The molecular weight excluding hydrogens is 466 g/mol. The Bertz CT molecular complexity index is 1070. The number of benzene rings is 2. The first kappa shape index (κ1) is 25.6. The average Bonchev–Trinajstić information content (AvgIpc) is 2.88. The van der Waals surface area contributed by atoms with Crippen molar-refractivity contribution in [1.29, 1.82) is 0 Å². The highest BCUT2D eigenvalue weighted by molar-refractivity contribution is 5.91. The molecule has 0 radical (unpaired) electrons. The minimum absolute atomic E-state index is 0. The maximum absolute atomic E-state index is 13.0. The molecule has 0 aromatic heterocycles. The van der Waals surface area contributed by atoms with E-state index in [-0.39, 0.29) is 23.8 Å². The quantitative estimate of drug-likeness (QED) is 0.503. The van der Waals surface area contributed by atoms with E-state index in [0.717, 1.165) is 25.7 Å². The highest BCUT2D eigenvalue weighted by Crippen LogP contribution is 2.59. The van der Waals surface area contributed by atoms with Gasteiger partial charge < -0.3 is 18.9 Å². The van der Waals surface area contributed by atoms with Crippen LogP contribution in [0.5, 0.6) is 17.2 Å². The minimum atomic E-state index is -0.362. The molecule has 0 N–H and O–H groups in total. The van der Waals surface area contributed by atoms with Crippen LogP contribution in [0, 0.1) is 11.8 Å². The number of hydrogen-bond acceptors (Lipinski definition) is 6. The van der Waals surface area contributed by atoms with E-state index in [0.29, 0.717) is 53.3 Å². The third-order valence-corrected chi connectivity index (χ3v) is 8.84. The van der Waals surface area contributed by atoms with Crippen molar-refractivity contribution < 1.29 is 23.7 Å². The molecule has 2 aliphatic carbocycles. The van der Waals surface area contributed by atoms with Crippen LogP contribution in [0.1, 0.15) is 47.7 Å². The zero-order valence-electron chi connectivity index (χ0n) is 21.2. The fourth-order valence-corrected chi connectivity index (χ4v) is 7.18. The van der Waals surface area contributed by atoms with E-state index in [4.69, 9.17) is 18.9 Å². The molecule has 2 aliphatic heterocycles. The summed E-state index contributed by atoms with van der Waals surface area (Å²) in [4.78, 5) is 15.6. The standard InChI is InChI=1S/C28H35NO5.ClH/c1-6-28-15-23-19(11-21(28)22(29(23)2)12-17-9-7-8-10-20(17)28)16-34-27(30)18-13-24(31-3)26(33-5)25(14-18)32-4;/h7-10,13-14,19,21-23H,6,11-12,15-16H2,1-5H3;1H/t19-,21?,22?,23?,28+;/m1./s1. The number of esters is 1. The molecule has 2 saturated heterocycles.